The molecule has 0 aliphatic heterocycles. The fourth-order valence-electron chi connectivity index (χ4n) is 1.77. The van der Waals surface area contributed by atoms with Crippen molar-refractivity contribution in [3.63, 3.8) is 0 Å². The summed E-state index contributed by atoms with van der Waals surface area (Å²) >= 11 is 0. The quantitative estimate of drug-likeness (QED) is 0.294. The Morgan fingerprint density at radius 2 is 1.12 bits per heavy atom. The van der Waals surface area contributed by atoms with E-state index in [1.54, 1.807) is 6.92 Å². The molecule has 0 radical (unpaired) electrons. The first-order chi connectivity index (χ1) is 12.0. The lowest BCUT2D eigenvalue weighted by Gasteiger charge is -2.31. The molecule has 8 heteroatoms. The summed E-state index contributed by atoms with van der Waals surface area (Å²) in [5, 5.41) is 0. The molecule has 0 aliphatic carbocycles. The molecule has 0 aromatic carbocycles. The molecule has 0 fully saturated rings. The summed E-state index contributed by atoms with van der Waals surface area (Å²) in [7, 11) is 1.25. The summed E-state index contributed by atoms with van der Waals surface area (Å²) in [5.74, 6) is -0.0556. The van der Waals surface area contributed by atoms with E-state index in [2.05, 4.69) is 0 Å². The Labute approximate surface area is 153 Å². The predicted octanol–water partition coefficient (Wildman–Crippen LogP) is 2.75. The third kappa shape index (κ3) is 10.4. The highest BCUT2D eigenvalue weighted by Crippen LogP contribution is 2.24. The number of ether oxygens (including phenoxy) is 5. The molecule has 0 heterocycles. The van der Waals surface area contributed by atoms with Gasteiger partial charge in [0.15, 0.2) is 24.1 Å². The predicted molar refractivity (Wildman–Crippen MR) is 92.3 cm³/mol. The number of allylic oxidation sites excluding steroid dienone is 6. The number of ketones is 3. The van der Waals surface area contributed by atoms with Crippen molar-refractivity contribution in [2.45, 2.75) is 47.7 Å². The molecule has 0 aliphatic rings. The minimum atomic E-state index is -2.09. The number of hydrogen-bond acceptors (Lipinski definition) is 8. The van der Waals surface area contributed by atoms with Gasteiger partial charge in [-0.1, -0.05) is 0 Å². The fourth-order valence-corrected chi connectivity index (χ4v) is 1.77. The summed E-state index contributed by atoms with van der Waals surface area (Å²) in [4.78, 5) is 33.4. The van der Waals surface area contributed by atoms with Crippen molar-refractivity contribution in [3.8, 4) is 0 Å². The van der Waals surface area contributed by atoms with Crippen molar-refractivity contribution in [1.29, 1.82) is 0 Å². The van der Waals surface area contributed by atoms with E-state index in [-0.39, 0.29) is 35.7 Å². The first-order valence-corrected chi connectivity index (χ1v) is 7.76. The van der Waals surface area contributed by atoms with Crippen molar-refractivity contribution in [2.24, 2.45) is 0 Å². The number of hydrogen-bond donors (Lipinski definition) is 0. The lowest BCUT2D eigenvalue weighted by atomic mass is 10.4. The van der Waals surface area contributed by atoms with E-state index in [4.69, 9.17) is 23.7 Å². The molecule has 0 aromatic heterocycles. The van der Waals surface area contributed by atoms with E-state index >= 15 is 0 Å². The summed E-state index contributed by atoms with van der Waals surface area (Å²) < 4.78 is 26.7. The number of carbonyl (C=O) groups is 3. The first kappa shape index (κ1) is 23.5. The van der Waals surface area contributed by atoms with Gasteiger partial charge in [-0.25, -0.2) is 4.74 Å². The molecule has 0 amide bonds. The van der Waals surface area contributed by atoms with E-state index in [1.165, 1.54) is 60.0 Å². The molecule has 0 aromatic rings. The van der Waals surface area contributed by atoms with Crippen LogP contribution in [0.5, 0.6) is 0 Å². The third-order valence-corrected chi connectivity index (χ3v) is 2.56. The van der Waals surface area contributed by atoms with E-state index in [1.807, 2.05) is 0 Å². The van der Waals surface area contributed by atoms with E-state index in [0.717, 1.165) is 0 Å². The van der Waals surface area contributed by atoms with Crippen LogP contribution in [0.4, 0.5) is 0 Å². The molecular formula is C18H26O8. The number of carbonyl (C=O) groups excluding carboxylic acids is 3. The lowest BCUT2D eigenvalue weighted by Crippen LogP contribution is -2.41. The molecule has 146 valence electrons. The average molecular weight is 370 g/mol. The molecule has 0 saturated carbocycles. The van der Waals surface area contributed by atoms with Crippen LogP contribution in [-0.2, 0) is 38.1 Å². The Hall–Kier alpha value is -2.45. The zero-order valence-electron chi connectivity index (χ0n) is 16.2. The number of methoxy groups -OCH3 is 1. The molecule has 26 heavy (non-hydrogen) atoms. The monoisotopic (exact) mass is 370 g/mol. The highest BCUT2D eigenvalue weighted by molar-refractivity contribution is 5.88. The van der Waals surface area contributed by atoms with Crippen LogP contribution in [0.1, 0.15) is 41.5 Å². The summed E-state index contributed by atoms with van der Waals surface area (Å²) in [6.45, 7) is 8.28. The zero-order chi connectivity index (χ0) is 20.3. The standard InChI is InChI=1S/C18H26O8/c1-12(19)8-15(4)23-11-24-18(22-7,25-16(5)9-13(2)20)26-17(6)10-14(3)21/h8-10H,11H2,1-7H3/b15-8+,16-9+,17-10+. The van der Waals surface area contributed by atoms with Gasteiger partial charge in [-0.3, -0.25) is 19.1 Å². The van der Waals surface area contributed by atoms with Gasteiger partial charge in [-0.15, -0.1) is 0 Å². The lowest BCUT2D eigenvalue weighted by molar-refractivity contribution is -0.481. The molecule has 0 bridgehead atoms. The molecule has 0 saturated heterocycles. The Morgan fingerprint density at radius 3 is 1.46 bits per heavy atom. The van der Waals surface area contributed by atoms with Gasteiger partial charge in [0.2, 0.25) is 0 Å². The molecule has 8 nitrogen and oxygen atoms in total. The van der Waals surface area contributed by atoms with Crippen molar-refractivity contribution in [2.75, 3.05) is 13.9 Å². The van der Waals surface area contributed by atoms with Crippen LogP contribution in [0.25, 0.3) is 0 Å². The van der Waals surface area contributed by atoms with Crippen molar-refractivity contribution in [3.05, 3.63) is 35.5 Å². The van der Waals surface area contributed by atoms with Gasteiger partial charge < -0.3 is 14.2 Å². The highest BCUT2D eigenvalue weighted by atomic mass is 17.0. The van der Waals surface area contributed by atoms with Crippen LogP contribution in [0.2, 0.25) is 0 Å². The van der Waals surface area contributed by atoms with Crippen LogP contribution < -0.4 is 0 Å². The van der Waals surface area contributed by atoms with Crippen LogP contribution >= 0.6 is 0 Å². The van der Waals surface area contributed by atoms with Crippen molar-refractivity contribution in [1.82, 2.24) is 0 Å². The number of rotatable bonds is 12. The smallest absolute Gasteiger partial charge is 0.472 e. The van der Waals surface area contributed by atoms with Gasteiger partial charge in [-0.05, 0) is 41.5 Å². The third-order valence-electron chi connectivity index (χ3n) is 2.56. The van der Waals surface area contributed by atoms with Gasteiger partial charge in [0, 0.05) is 25.3 Å². The van der Waals surface area contributed by atoms with Gasteiger partial charge >= 0.3 is 6.16 Å². The fraction of sp³-hybridized carbons (Fsp3) is 0.500. The molecule has 0 N–H and O–H groups in total. The first-order valence-electron chi connectivity index (χ1n) is 7.76. The maximum Gasteiger partial charge on any atom is 0.511 e. The minimum absolute atomic E-state index is 0.158. The largest absolute Gasteiger partial charge is 0.511 e. The second-order valence-corrected chi connectivity index (χ2v) is 5.41. The van der Waals surface area contributed by atoms with Crippen LogP contribution in [0.15, 0.2) is 35.5 Å². The molecular weight excluding hydrogens is 344 g/mol. The average Bonchev–Trinajstić information content (AvgIpc) is 2.43. The molecule has 0 rings (SSSR count). The normalized spacial score (nSPS) is 13.3. The van der Waals surface area contributed by atoms with Crippen LogP contribution in [-0.4, -0.2) is 37.4 Å². The highest BCUT2D eigenvalue weighted by Gasteiger charge is 2.39. The van der Waals surface area contributed by atoms with Crippen molar-refractivity contribution < 1.29 is 38.1 Å². The summed E-state index contributed by atoms with van der Waals surface area (Å²) in [6.07, 6.45) is 1.61. The van der Waals surface area contributed by atoms with Crippen LogP contribution in [0, 0.1) is 0 Å². The second-order valence-electron chi connectivity index (χ2n) is 5.41. The van der Waals surface area contributed by atoms with E-state index in [0.29, 0.717) is 5.76 Å². The van der Waals surface area contributed by atoms with Gasteiger partial charge in [0.05, 0.1) is 5.76 Å². The van der Waals surface area contributed by atoms with Gasteiger partial charge in [-0.2, -0.15) is 0 Å². The Kier molecular flexibility index (Phi) is 10.2. The second kappa shape index (κ2) is 11.2. The summed E-state index contributed by atoms with van der Waals surface area (Å²) in [6, 6.07) is 0. The minimum Gasteiger partial charge on any atom is -0.472 e. The van der Waals surface area contributed by atoms with Crippen LogP contribution in [0.3, 0.4) is 0 Å². The molecule has 0 unspecified atom stereocenters. The van der Waals surface area contributed by atoms with Crippen molar-refractivity contribution >= 4 is 17.3 Å². The zero-order valence-corrected chi connectivity index (χ0v) is 16.2. The van der Waals surface area contributed by atoms with Gasteiger partial charge in [0.25, 0.3) is 0 Å². The Morgan fingerprint density at radius 1 is 0.731 bits per heavy atom. The molecule has 0 spiro atoms. The Balaban J connectivity index is 5.38. The Bertz CT molecular complexity index is 581. The molecule has 0 atom stereocenters. The van der Waals surface area contributed by atoms with E-state index in [9.17, 15) is 14.4 Å². The van der Waals surface area contributed by atoms with Gasteiger partial charge in [0.1, 0.15) is 11.5 Å². The SMILES string of the molecule is COC(OCO/C(C)=C/C(C)=O)(O/C(C)=C/C(C)=O)O/C(C)=C/C(C)=O. The van der Waals surface area contributed by atoms with E-state index < -0.39 is 6.16 Å². The maximum absolute atomic E-state index is 11.2. The maximum atomic E-state index is 11.2. The topological polar surface area (TPSA) is 97.4 Å². The summed E-state index contributed by atoms with van der Waals surface area (Å²) in [5.41, 5.74) is 0.